The Bertz CT molecular complexity index is 643. The van der Waals surface area contributed by atoms with Crippen LogP contribution in [0.4, 0.5) is 0 Å². The molecule has 1 aromatic heterocycles. The van der Waals surface area contributed by atoms with Gasteiger partial charge in [0.15, 0.2) is 0 Å². The van der Waals surface area contributed by atoms with Crippen molar-refractivity contribution in [3.8, 4) is 0 Å². The van der Waals surface area contributed by atoms with Crippen molar-refractivity contribution in [3.63, 3.8) is 0 Å². The van der Waals surface area contributed by atoms with Gasteiger partial charge in [-0.05, 0) is 35.6 Å². The fourth-order valence-electron chi connectivity index (χ4n) is 2.41. The van der Waals surface area contributed by atoms with Gasteiger partial charge in [-0.3, -0.25) is 4.98 Å². The van der Waals surface area contributed by atoms with Crippen molar-refractivity contribution in [2.75, 3.05) is 5.75 Å². The molecule has 1 aliphatic rings. The Morgan fingerprint density at radius 2 is 2.05 bits per heavy atom. The van der Waals surface area contributed by atoms with Gasteiger partial charge in [0, 0.05) is 23.4 Å². The highest BCUT2D eigenvalue weighted by Crippen LogP contribution is 2.30. The van der Waals surface area contributed by atoms with Crippen LogP contribution >= 0.6 is 11.8 Å². The van der Waals surface area contributed by atoms with E-state index in [1.807, 2.05) is 30.1 Å². The molecule has 2 heteroatoms. The van der Waals surface area contributed by atoms with E-state index in [0.29, 0.717) is 5.92 Å². The maximum atomic E-state index is 4.54. The molecule has 0 spiro atoms. The van der Waals surface area contributed by atoms with Gasteiger partial charge in [-0.2, -0.15) is 0 Å². The number of nitrogens with zero attached hydrogens (tertiary/aromatic N) is 1. The molecule has 0 bridgehead atoms. The summed E-state index contributed by atoms with van der Waals surface area (Å²) in [5, 5.41) is 2.19. The number of aromatic nitrogens is 1. The van der Waals surface area contributed by atoms with Crippen LogP contribution in [0.2, 0.25) is 0 Å². The second-order valence-electron chi connectivity index (χ2n) is 4.94. The third kappa shape index (κ3) is 2.86. The number of aryl methyl sites for hydroxylation is 1. The van der Waals surface area contributed by atoms with Crippen molar-refractivity contribution in [2.45, 2.75) is 6.92 Å². The molecule has 0 radical (unpaired) electrons. The first-order chi connectivity index (χ1) is 9.84. The molecule has 1 nitrogen and oxygen atoms in total. The van der Waals surface area contributed by atoms with E-state index in [-0.39, 0.29) is 0 Å². The first-order valence-corrected chi connectivity index (χ1v) is 7.87. The maximum absolute atomic E-state index is 4.54. The fourth-order valence-corrected chi connectivity index (χ4v) is 3.26. The molecule has 1 aromatic carbocycles. The van der Waals surface area contributed by atoms with Crippen LogP contribution in [0.3, 0.4) is 0 Å². The lowest BCUT2D eigenvalue weighted by Gasteiger charge is -2.12. The van der Waals surface area contributed by atoms with E-state index >= 15 is 0 Å². The topological polar surface area (TPSA) is 12.9 Å². The van der Waals surface area contributed by atoms with E-state index in [1.54, 1.807) is 0 Å². The first kappa shape index (κ1) is 13.2. The predicted molar refractivity (Wildman–Crippen MR) is 87.6 cm³/mol. The van der Waals surface area contributed by atoms with E-state index in [9.17, 15) is 0 Å². The Balaban J connectivity index is 2.09. The van der Waals surface area contributed by atoms with E-state index in [4.69, 9.17) is 0 Å². The van der Waals surface area contributed by atoms with E-state index < -0.39 is 0 Å². The zero-order valence-corrected chi connectivity index (χ0v) is 12.3. The van der Waals surface area contributed by atoms with Gasteiger partial charge in [-0.15, -0.1) is 11.8 Å². The summed E-state index contributed by atoms with van der Waals surface area (Å²) in [6.45, 7) is 2.16. The standard InChI is InChI=1S/C18H17NS/c1-14-6-2-3-7-16(14)17(12-15-9-11-20-13-15)18-8-4-5-10-19-18/h2-12,15H,13H2,1H3. The van der Waals surface area contributed by atoms with Crippen LogP contribution in [-0.2, 0) is 0 Å². The predicted octanol–water partition coefficient (Wildman–Crippen LogP) is 4.70. The fraction of sp³-hybridized carbons (Fsp3) is 0.167. The van der Waals surface area contributed by atoms with Gasteiger partial charge in [0.1, 0.15) is 0 Å². The minimum Gasteiger partial charge on any atom is -0.256 e. The molecule has 3 rings (SSSR count). The van der Waals surface area contributed by atoms with Crippen LogP contribution in [-0.4, -0.2) is 10.7 Å². The van der Waals surface area contributed by atoms with Crippen molar-refractivity contribution in [1.29, 1.82) is 0 Å². The summed E-state index contributed by atoms with van der Waals surface area (Å²) in [6.07, 6.45) is 6.48. The third-order valence-electron chi connectivity index (χ3n) is 3.47. The highest BCUT2D eigenvalue weighted by molar-refractivity contribution is 8.02. The molecule has 0 saturated carbocycles. The summed E-state index contributed by atoms with van der Waals surface area (Å²) in [5.74, 6) is 1.62. The molecule has 100 valence electrons. The first-order valence-electron chi connectivity index (χ1n) is 6.82. The lowest BCUT2D eigenvalue weighted by molar-refractivity contribution is 0.975. The Labute approximate surface area is 124 Å². The van der Waals surface area contributed by atoms with Gasteiger partial charge in [0.2, 0.25) is 0 Å². The zero-order chi connectivity index (χ0) is 13.8. The quantitative estimate of drug-likeness (QED) is 0.808. The van der Waals surface area contributed by atoms with Crippen molar-refractivity contribution >= 4 is 17.3 Å². The average molecular weight is 279 g/mol. The summed E-state index contributed by atoms with van der Waals surface area (Å²) in [7, 11) is 0. The molecule has 0 saturated heterocycles. The molecular weight excluding hydrogens is 262 g/mol. The summed E-state index contributed by atoms with van der Waals surface area (Å²) in [6, 6.07) is 14.6. The van der Waals surface area contributed by atoms with Gasteiger partial charge >= 0.3 is 0 Å². The van der Waals surface area contributed by atoms with Crippen LogP contribution in [0, 0.1) is 12.8 Å². The number of hydrogen-bond acceptors (Lipinski definition) is 2. The van der Waals surface area contributed by atoms with Gasteiger partial charge in [-0.25, -0.2) is 0 Å². The largest absolute Gasteiger partial charge is 0.256 e. The summed E-state index contributed by atoms with van der Waals surface area (Å²) in [5.41, 5.74) is 4.85. The highest BCUT2D eigenvalue weighted by Gasteiger charge is 2.13. The second-order valence-corrected chi connectivity index (χ2v) is 5.87. The van der Waals surface area contributed by atoms with Crippen LogP contribution in [0.5, 0.6) is 0 Å². The number of benzene rings is 1. The number of hydrogen-bond donors (Lipinski definition) is 0. The molecule has 1 atom stereocenters. The van der Waals surface area contributed by atoms with E-state index in [1.165, 1.54) is 16.7 Å². The monoisotopic (exact) mass is 279 g/mol. The number of thioether (sulfide) groups is 1. The molecule has 20 heavy (non-hydrogen) atoms. The van der Waals surface area contributed by atoms with Crippen molar-refractivity contribution in [2.24, 2.45) is 5.92 Å². The van der Waals surface area contributed by atoms with Gasteiger partial charge in [0.25, 0.3) is 0 Å². The van der Waals surface area contributed by atoms with Crippen LogP contribution in [0.15, 0.2) is 66.2 Å². The van der Waals surface area contributed by atoms with E-state index in [2.05, 4.69) is 59.8 Å². The number of pyridine rings is 1. The molecular formula is C18H17NS. The SMILES string of the molecule is Cc1ccccc1C(=CC1C=CSC1)c1ccccn1. The van der Waals surface area contributed by atoms with E-state index in [0.717, 1.165) is 11.4 Å². The van der Waals surface area contributed by atoms with Gasteiger partial charge in [-0.1, -0.05) is 42.5 Å². The molecule has 0 fully saturated rings. The van der Waals surface area contributed by atoms with Gasteiger partial charge < -0.3 is 0 Å². The molecule has 2 aromatic rings. The van der Waals surface area contributed by atoms with Crippen LogP contribution < -0.4 is 0 Å². The molecule has 0 aliphatic carbocycles. The van der Waals surface area contributed by atoms with Crippen LogP contribution in [0.1, 0.15) is 16.8 Å². The third-order valence-corrected chi connectivity index (χ3v) is 4.39. The molecule has 0 N–H and O–H groups in total. The summed E-state index contributed by atoms with van der Waals surface area (Å²) >= 11 is 1.87. The second kappa shape index (κ2) is 6.10. The van der Waals surface area contributed by atoms with Crippen molar-refractivity contribution in [1.82, 2.24) is 4.98 Å². The normalized spacial score (nSPS) is 18.4. The molecule has 1 unspecified atom stereocenters. The van der Waals surface area contributed by atoms with Crippen molar-refractivity contribution < 1.29 is 0 Å². The van der Waals surface area contributed by atoms with Gasteiger partial charge in [0.05, 0.1) is 5.69 Å². The average Bonchev–Trinajstić information content (AvgIpc) is 3.00. The van der Waals surface area contributed by atoms with Crippen LogP contribution in [0.25, 0.3) is 5.57 Å². The minimum absolute atomic E-state index is 0.497. The minimum atomic E-state index is 0.497. The highest BCUT2D eigenvalue weighted by atomic mass is 32.2. The Morgan fingerprint density at radius 3 is 2.75 bits per heavy atom. The summed E-state index contributed by atoms with van der Waals surface area (Å²) in [4.78, 5) is 4.54. The lowest BCUT2D eigenvalue weighted by atomic mass is 9.94. The lowest BCUT2D eigenvalue weighted by Crippen LogP contribution is -1.98. The zero-order valence-electron chi connectivity index (χ0n) is 11.5. The molecule has 1 aliphatic heterocycles. The molecule has 2 heterocycles. The Morgan fingerprint density at radius 1 is 1.20 bits per heavy atom. The molecule has 0 amide bonds. The Hall–Kier alpha value is -1.80. The Kier molecular flexibility index (Phi) is 4.03. The van der Waals surface area contributed by atoms with Crippen molar-refractivity contribution in [3.05, 3.63) is 83.0 Å². The smallest absolute Gasteiger partial charge is 0.0705 e. The number of rotatable bonds is 3. The maximum Gasteiger partial charge on any atom is 0.0705 e. The number of allylic oxidation sites excluding steroid dienone is 2. The summed E-state index contributed by atoms with van der Waals surface area (Å²) < 4.78 is 0.